The average Bonchev–Trinajstić information content (AvgIpc) is 3.03. The molecule has 1 aliphatic rings. The Balaban J connectivity index is 1.72. The first-order valence-electron chi connectivity index (χ1n) is 16.4. The summed E-state index contributed by atoms with van der Waals surface area (Å²) >= 11 is 0. The van der Waals surface area contributed by atoms with E-state index in [0.29, 0.717) is 23.5 Å². The van der Waals surface area contributed by atoms with E-state index in [4.69, 9.17) is 13.7 Å². The zero-order chi connectivity index (χ0) is 34.2. The van der Waals surface area contributed by atoms with Gasteiger partial charge in [0.1, 0.15) is 21.5 Å². The second-order valence-electron chi connectivity index (χ2n) is 14.2. The van der Waals surface area contributed by atoms with Gasteiger partial charge in [0.15, 0.2) is 0 Å². The summed E-state index contributed by atoms with van der Waals surface area (Å²) < 4.78 is 46.3. The maximum atomic E-state index is 14.9. The molecule has 0 saturated carbocycles. The average molecular weight is 677 g/mol. The molecule has 0 bridgehead atoms. The predicted octanol–water partition coefficient (Wildman–Crippen LogP) is 8.67. The molecule has 3 aromatic rings. The van der Waals surface area contributed by atoms with Crippen molar-refractivity contribution in [2.24, 2.45) is 16.7 Å². The van der Waals surface area contributed by atoms with Gasteiger partial charge >= 0.3 is 5.97 Å². The Kier molecular flexibility index (Phi) is 12.4. The van der Waals surface area contributed by atoms with Gasteiger partial charge in [0.25, 0.3) is 0 Å². The van der Waals surface area contributed by atoms with E-state index in [1.54, 1.807) is 0 Å². The third-order valence-electron chi connectivity index (χ3n) is 9.22. The summed E-state index contributed by atoms with van der Waals surface area (Å²) in [6, 6.07) is 26.1. The number of hydrogen-bond acceptors (Lipinski definition) is 5. The van der Waals surface area contributed by atoms with E-state index < -0.39 is 13.2 Å². The Morgan fingerprint density at radius 1 is 0.979 bits per heavy atom. The first kappa shape index (κ1) is 36.7. The van der Waals surface area contributed by atoms with E-state index in [0.717, 1.165) is 46.3 Å². The van der Waals surface area contributed by atoms with Crippen LogP contribution in [-0.4, -0.2) is 36.3 Å². The second kappa shape index (κ2) is 15.9. The van der Waals surface area contributed by atoms with Crippen LogP contribution in [0, 0.1) is 22.6 Å². The topological polar surface area (TPSA) is 61.8 Å². The first-order valence-corrected chi connectivity index (χ1v) is 18.6. The molecule has 252 valence electrons. The van der Waals surface area contributed by atoms with Gasteiger partial charge in [-0.2, -0.15) is 0 Å². The maximum Gasteiger partial charge on any atom is 0.305 e. The van der Waals surface area contributed by atoms with E-state index >= 15 is 0 Å². The lowest BCUT2D eigenvalue weighted by Gasteiger charge is -2.45. The number of allylic oxidation sites excluding steroid dienone is 1. The van der Waals surface area contributed by atoms with Gasteiger partial charge in [-0.05, 0) is 75.6 Å². The maximum absolute atomic E-state index is 14.9. The zero-order valence-corrected chi connectivity index (χ0v) is 31.7. The molecule has 47 heavy (non-hydrogen) atoms. The van der Waals surface area contributed by atoms with Crippen LogP contribution in [0.2, 0.25) is 0 Å². The third-order valence-corrected chi connectivity index (χ3v) is 11.8. The first-order chi connectivity index (χ1) is 22.3. The molecular weight excluding hydrogens is 626 g/mol. The van der Waals surface area contributed by atoms with Gasteiger partial charge in [-0.15, -0.1) is 0 Å². The van der Waals surface area contributed by atoms with Crippen molar-refractivity contribution in [3.8, 4) is 0 Å². The molecule has 0 spiro atoms. The van der Waals surface area contributed by atoms with Crippen LogP contribution in [-0.2, 0) is 28.2 Å². The van der Waals surface area contributed by atoms with Gasteiger partial charge < -0.3 is 13.7 Å². The highest BCUT2D eigenvalue weighted by Crippen LogP contribution is 2.59. The molecule has 0 aromatic heterocycles. The molecule has 0 N–H and O–H groups in total. The Bertz CT molecular complexity index is 1530. The summed E-state index contributed by atoms with van der Waals surface area (Å²) in [6.45, 7) is 16.1. The number of esters is 1. The summed E-state index contributed by atoms with van der Waals surface area (Å²) in [7, 11) is -2.30. The van der Waals surface area contributed by atoms with E-state index in [1.165, 1.54) is 12.1 Å². The molecule has 0 fully saturated rings. The van der Waals surface area contributed by atoms with Gasteiger partial charge in [-0.3, -0.25) is 9.36 Å². The molecule has 3 aromatic carbocycles. The van der Waals surface area contributed by atoms with Gasteiger partial charge in [0.2, 0.25) is 8.03 Å². The van der Waals surface area contributed by atoms with Crippen LogP contribution in [0.4, 0.5) is 4.39 Å². The lowest BCUT2D eigenvalue weighted by atomic mass is 9.60. The number of carbonyl (C=O) groups excluding carboxylic acids is 1. The Hall–Kier alpha value is -3.09. The highest BCUT2D eigenvalue weighted by molar-refractivity contribution is 7.41. The van der Waals surface area contributed by atoms with Crippen LogP contribution in [0.3, 0.4) is 0 Å². The number of halogens is 1. The molecule has 0 saturated heterocycles. The normalized spacial score (nSPS) is 17.2. The lowest BCUT2D eigenvalue weighted by molar-refractivity contribution is -0.145. The Labute approximate surface area is 284 Å². The van der Waals surface area contributed by atoms with Gasteiger partial charge in [-0.1, -0.05) is 114 Å². The van der Waals surface area contributed by atoms with Gasteiger partial charge in [-0.25, -0.2) is 4.39 Å². The van der Waals surface area contributed by atoms with Crippen molar-refractivity contribution in [2.75, 3.05) is 19.8 Å². The number of carbonyl (C=O) groups is 1. The minimum absolute atomic E-state index is 0.0271. The number of benzene rings is 3. The van der Waals surface area contributed by atoms with E-state index in [1.807, 2.05) is 79.7 Å². The molecule has 8 heteroatoms. The molecule has 1 aliphatic carbocycles. The molecule has 0 aliphatic heterocycles. The molecule has 1 unspecified atom stereocenters. The van der Waals surface area contributed by atoms with Crippen molar-refractivity contribution < 1.29 is 27.4 Å². The highest BCUT2D eigenvalue weighted by atomic mass is 31.1. The molecular formula is C39H50FO5PSi. The number of ether oxygens (including phenoxy) is 1. The molecule has 0 radical (unpaired) electrons. The van der Waals surface area contributed by atoms with Crippen molar-refractivity contribution >= 4 is 30.1 Å². The van der Waals surface area contributed by atoms with Crippen LogP contribution < -0.4 is 0 Å². The second-order valence-corrected chi connectivity index (χ2v) is 16.4. The van der Waals surface area contributed by atoms with Crippen molar-refractivity contribution in [2.45, 2.75) is 65.5 Å². The van der Waals surface area contributed by atoms with Crippen molar-refractivity contribution in [1.82, 2.24) is 0 Å². The van der Waals surface area contributed by atoms with Crippen molar-refractivity contribution in [3.63, 3.8) is 0 Å². The summed E-state index contributed by atoms with van der Waals surface area (Å²) in [6.07, 6.45) is 2.60. The molecule has 2 atom stereocenters. The summed E-state index contributed by atoms with van der Waals surface area (Å²) in [5.74, 6) is -0.964. The minimum Gasteiger partial charge on any atom is -0.465 e. The van der Waals surface area contributed by atoms with Gasteiger partial charge in [0.05, 0.1) is 13.2 Å². The lowest BCUT2D eigenvalue weighted by Crippen LogP contribution is -2.36. The highest BCUT2D eigenvalue weighted by Gasteiger charge is 2.47. The number of rotatable bonds is 15. The van der Waals surface area contributed by atoms with Crippen LogP contribution in [0.25, 0.3) is 5.57 Å². The molecule has 0 heterocycles. The molecule has 0 amide bonds. The SMILES string of the molecule is C=C(CO[PH](=O)C(c1ccccc1)(c1ccccc1)[C@@H](C)COC(=O)CCCO[SiH3])C1=C(c2ccc(F)cc2)CC(C)(C)CC1(C)C. The predicted molar refractivity (Wildman–Crippen MR) is 193 cm³/mol. The minimum atomic E-state index is -2.93. The summed E-state index contributed by atoms with van der Waals surface area (Å²) in [5, 5.41) is -1.08. The van der Waals surface area contributed by atoms with Gasteiger partial charge in [0, 0.05) is 18.9 Å². The standard InChI is InChI=1S/C39H50FO5PSi/c1-28(36-34(30-19-21-33(40)22-20-30)24-37(3,4)27-38(36,5)6)25-44-46(42)39(31-14-9-7-10-15-31,32-16-11-8-12-17-32)29(2)26-43-35(41)18-13-23-45-47/h7-12,14-17,19-22,29,46H,1,13,18,23-27H2,2-6,47H3/t29-/m0/s1. The fourth-order valence-corrected chi connectivity index (χ4v) is 9.71. The molecule has 5 nitrogen and oxygen atoms in total. The number of hydrogen-bond donors (Lipinski definition) is 0. The quantitative estimate of drug-likeness (QED) is 0.0698. The van der Waals surface area contributed by atoms with E-state index in [2.05, 4.69) is 34.3 Å². The van der Waals surface area contributed by atoms with Crippen LogP contribution >= 0.6 is 8.03 Å². The van der Waals surface area contributed by atoms with Crippen LogP contribution in [0.5, 0.6) is 0 Å². The fraction of sp³-hybridized carbons (Fsp3) is 0.410. The summed E-state index contributed by atoms with van der Waals surface area (Å²) in [4.78, 5) is 12.7. The largest absolute Gasteiger partial charge is 0.465 e. The van der Waals surface area contributed by atoms with Crippen LogP contribution in [0.1, 0.15) is 77.0 Å². The third kappa shape index (κ3) is 8.69. The summed E-state index contributed by atoms with van der Waals surface area (Å²) in [5.41, 5.74) is 5.36. The van der Waals surface area contributed by atoms with Crippen molar-refractivity contribution in [3.05, 3.63) is 125 Å². The van der Waals surface area contributed by atoms with Crippen molar-refractivity contribution in [1.29, 1.82) is 0 Å². The Morgan fingerprint density at radius 2 is 1.55 bits per heavy atom. The smallest absolute Gasteiger partial charge is 0.305 e. The van der Waals surface area contributed by atoms with E-state index in [9.17, 15) is 13.8 Å². The fourth-order valence-electron chi connectivity index (χ4n) is 7.60. The van der Waals surface area contributed by atoms with Crippen LogP contribution in [0.15, 0.2) is 103 Å². The molecule has 4 rings (SSSR count). The Morgan fingerprint density at radius 3 is 2.11 bits per heavy atom. The zero-order valence-electron chi connectivity index (χ0n) is 28.7. The monoisotopic (exact) mass is 676 g/mol. The van der Waals surface area contributed by atoms with E-state index in [-0.39, 0.29) is 48.2 Å².